The Balaban J connectivity index is 2.51. The van der Waals surface area contributed by atoms with Gasteiger partial charge in [-0.25, -0.2) is 4.79 Å². The van der Waals surface area contributed by atoms with E-state index in [1.54, 1.807) is 0 Å². The van der Waals surface area contributed by atoms with Crippen molar-refractivity contribution >= 4 is 5.97 Å². The second kappa shape index (κ2) is 4.29. The molecule has 1 fully saturated rings. The van der Waals surface area contributed by atoms with Gasteiger partial charge in [0.1, 0.15) is 0 Å². The lowest BCUT2D eigenvalue weighted by Crippen LogP contribution is -2.08. The summed E-state index contributed by atoms with van der Waals surface area (Å²) in [6, 6.07) is 0. The number of aliphatic carboxylic acids is 1. The molecule has 0 spiro atoms. The highest BCUT2D eigenvalue weighted by Gasteiger charge is 2.15. The Morgan fingerprint density at radius 1 is 1.75 bits per heavy atom. The van der Waals surface area contributed by atoms with E-state index >= 15 is 0 Å². The van der Waals surface area contributed by atoms with Gasteiger partial charge in [0, 0.05) is 6.08 Å². The maximum atomic E-state index is 10.4. The van der Waals surface area contributed by atoms with Crippen molar-refractivity contribution in [1.29, 1.82) is 0 Å². The standard InChI is InChI=1S/C10H16O2/c1-2-8-4-3-5-9(6-8)7-10(11)12/h7-8H,2-6H2,1H3,(H,11,12). The third kappa shape index (κ3) is 2.68. The highest BCUT2D eigenvalue weighted by molar-refractivity contribution is 5.80. The molecule has 0 aromatic carbocycles. The molecule has 0 saturated heterocycles. The van der Waals surface area contributed by atoms with E-state index in [-0.39, 0.29) is 0 Å². The van der Waals surface area contributed by atoms with Crippen LogP contribution in [0.4, 0.5) is 0 Å². The van der Waals surface area contributed by atoms with Crippen LogP contribution in [0.5, 0.6) is 0 Å². The molecule has 0 bridgehead atoms. The van der Waals surface area contributed by atoms with Gasteiger partial charge < -0.3 is 5.11 Å². The molecule has 68 valence electrons. The molecule has 1 unspecified atom stereocenters. The molecule has 1 atom stereocenters. The quantitative estimate of drug-likeness (QED) is 0.643. The van der Waals surface area contributed by atoms with Crippen molar-refractivity contribution in [3.05, 3.63) is 11.6 Å². The molecule has 0 aliphatic heterocycles. The molecule has 12 heavy (non-hydrogen) atoms. The van der Waals surface area contributed by atoms with E-state index in [9.17, 15) is 4.79 Å². The number of carboxylic acid groups (broad SMARTS) is 1. The van der Waals surface area contributed by atoms with E-state index in [2.05, 4.69) is 6.92 Å². The summed E-state index contributed by atoms with van der Waals surface area (Å²) in [4.78, 5) is 10.4. The predicted molar refractivity (Wildman–Crippen MR) is 48.0 cm³/mol. The number of hydrogen-bond donors (Lipinski definition) is 1. The molecule has 1 saturated carbocycles. The molecule has 0 aromatic heterocycles. The molecule has 2 nitrogen and oxygen atoms in total. The zero-order valence-corrected chi connectivity index (χ0v) is 7.55. The van der Waals surface area contributed by atoms with Gasteiger partial charge in [0.15, 0.2) is 0 Å². The summed E-state index contributed by atoms with van der Waals surface area (Å²) in [5.41, 5.74) is 1.13. The summed E-state index contributed by atoms with van der Waals surface area (Å²) in [7, 11) is 0. The number of carboxylic acids is 1. The van der Waals surface area contributed by atoms with E-state index < -0.39 is 5.97 Å². The van der Waals surface area contributed by atoms with Crippen LogP contribution in [0.1, 0.15) is 39.0 Å². The van der Waals surface area contributed by atoms with Crippen LogP contribution in [0.15, 0.2) is 11.6 Å². The summed E-state index contributed by atoms with van der Waals surface area (Å²) in [5.74, 6) is -0.0638. The molecule has 0 amide bonds. The fraction of sp³-hybridized carbons (Fsp3) is 0.700. The second-order valence-corrected chi connectivity index (χ2v) is 3.51. The van der Waals surface area contributed by atoms with Gasteiger partial charge in [-0.15, -0.1) is 0 Å². The smallest absolute Gasteiger partial charge is 0.328 e. The highest BCUT2D eigenvalue weighted by atomic mass is 16.4. The average molecular weight is 168 g/mol. The van der Waals surface area contributed by atoms with E-state index in [1.165, 1.54) is 18.9 Å². The van der Waals surface area contributed by atoms with Crippen LogP contribution in [0, 0.1) is 5.92 Å². The van der Waals surface area contributed by atoms with E-state index in [0.717, 1.165) is 30.8 Å². The first-order valence-electron chi connectivity index (χ1n) is 4.64. The lowest BCUT2D eigenvalue weighted by molar-refractivity contribution is -0.131. The Kier molecular flexibility index (Phi) is 3.32. The van der Waals surface area contributed by atoms with Crippen LogP contribution in [-0.2, 0) is 4.79 Å². The number of allylic oxidation sites excluding steroid dienone is 1. The van der Waals surface area contributed by atoms with Gasteiger partial charge in [-0.3, -0.25) is 0 Å². The van der Waals surface area contributed by atoms with Crippen molar-refractivity contribution in [2.24, 2.45) is 5.92 Å². The Bertz CT molecular complexity index is 194. The van der Waals surface area contributed by atoms with Crippen molar-refractivity contribution in [3.8, 4) is 0 Å². The fourth-order valence-electron chi connectivity index (χ4n) is 1.85. The van der Waals surface area contributed by atoms with E-state index in [4.69, 9.17) is 5.11 Å². The third-order valence-corrected chi connectivity index (χ3v) is 2.57. The monoisotopic (exact) mass is 168 g/mol. The Morgan fingerprint density at radius 2 is 2.50 bits per heavy atom. The minimum absolute atomic E-state index is 0.726. The SMILES string of the molecule is CCC1CCCC(=CC(=O)O)C1. The largest absolute Gasteiger partial charge is 0.478 e. The molecule has 0 heterocycles. The van der Waals surface area contributed by atoms with Crippen molar-refractivity contribution < 1.29 is 9.90 Å². The average Bonchev–Trinajstić information content (AvgIpc) is 2.03. The van der Waals surface area contributed by atoms with Crippen LogP contribution >= 0.6 is 0 Å². The van der Waals surface area contributed by atoms with Gasteiger partial charge >= 0.3 is 5.97 Å². The minimum atomic E-state index is -0.790. The fourth-order valence-corrected chi connectivity index (χ4v) is 1.85. The van der Waals surface area contributed by atoms with Crippen molar-refractivity contribution in [2.45, 2.75) is 39.0 Å². The molecule has 0 aromatic rings. The normalized spacial score (nSPS) is 27.4. The molecule has 1 rings (SSSR count). The Hall–Kier alpha value is -0.790. The van der Waals surface area contributed by atoms with Crippen LogP contribution in [0.25, 0.3) is 0 Å². The molecular formula is C10H16O2. The van der Waals surface area contributed by atoms with E-state index in [0.29, 0.717) is 0 Å². The van der Waals surface area contributed by atoms with Crippen molar-refractivity contribution in [1.82, 2.24) is 0 Å². The summed E-state index contributed by atoms with van der Waals surface area (Å²) < 4.78 is 0. The zero-order chi connectivity index (χ0) is 8.97. The maximum Gasteiger partial charge on any atom is 0.328 e. The Labute approximate surface area is 73.3 Å². The molecule has 2 heteroatoms. The van der Waals surface area contributed by atoms with Gasteiger partial charge in [0.05, 0.1) is 0 Å². The number of rotatable bonds is 2. The third-order valence-electron chi connectivity index (χ3n) is 2.57. The van der Waals surface area contributed by atoms with Gasteiger partial charge in [0.2, 0.25) is 0 Å². The molecular weight excluding hydrogens is 152 g/mol. The van der Waals surface area contributed by atoms with Crippen LogP contribution in [-0.4, -0.2) is 11.1 Å². The number of hydrogen-bond acceptors (Lipinski definition) is 1. The van der Waals surface area contributed by atoms with Gasteiger partial charge in [-0.1, -0.05) is 18.9 Å². The highest BCUT2D eigenvalue weighted by Crippen LogP contribution is 2.29. The number of carbonyl (C=O) groups is 1. The predicted octanol–water partition coefficient (Wildman–Crippen LogP) is 2.60. The van der Waals surface area contributed by atoms with E-state index in [1.807, 2.05) is 0 Å². The first kappa shape index (κ1) is 9.30. The maximum absolute atomic E-state index is 10.4. The molecule has 1 N–H and O–H groups in total. The van der Waals surface area contributed by atoms with Crippen LogP contribution in [0.2, 0.25) is 0 Å². The first-order valence-corrected chi connectivity index (χ1v) is 4.64. The second-order valence-electron chi connectivity index (χ2n) is 3.51. The molecule has 0 radical (unpaired) electrons. The van der Waals surface area contributed by atoms with Gasteiger partial charge in [0.25, 0.3) is 0 Å². The summed E-state index contributed by atoms with van der Waals surface area (Å²) in [6.45, 7) is 2.17. The topological polar surface area (TPSA) is 37.3 Å². The lowest BCUT2D eigenvalue weighted by Gasteiger charge is -2.22. The molecule has 1 aliphatic rings. The first-order chi connectivity index (χ1) is 5.72. The molecule has 1 aliphatic carbocycles. The lowest BCUT2D eigenvalue weighted by atomic mass is 9.84. The summed E-state index contributed by atoms with van der Waals surface area (Å²) in [6.07, 6.45) is 7.00. The van der Waals surface area contributed by atoms with Crippen LogP contribution < -0.4 is 0 Å². The van der Waals surface area contributed by atoms with Gasteiger partial charge in [-0.2, -0.15) is 0 Å². The van der Waals surface area contributed by atoms with Gasteiger partial charge in [-0.05, 0) is 31.6 Å². The minimum Gasteiger partial charge on any atom is -0.478 e. The zero-order valence-electron chi connectivity index (χ0n) is 7.55. The summed E-state index contributed by atoms with van der Waals surface area (Å²) >= 11 is 0. The summed E-state index contributed by atoms with van der Waals surface area (Å²) in [5, 5.41) is 8.55. The Morgan fingerprint density at radius 3 is 3.08 bits per heavy atom. The van der Waals surface area contributed by atoms with Crippen molar-refractivity contribution in [3.63, 3.8) is 0 Å². The van der Waals surface area contributed by atoms with Crippen LogP contribution in [0.3, 0.4) is 0 Å². The van der Waals surface area contributed by atoms with Crippen molar-refractivity contribution in [2.75, 3.05) is 0 Å².